The van der Waals surface area contributed by atoms with Crippen molar-refractivity contribution in [3.8, 4) is 0 Å². The Bertz CT molecular complexity index is 310. The molecule has 0 saturated carbocycles. The van der Waals surface area contributed by atoms with Crippen LogP contribution in [0.5, 0.6) is 0 Å². The van der Waals surface area contributed by atoms with Crippen molar-refractivity contribution in [3.05, 3.63) is 35.6 Å². The first-order chi connectivity index (χ1) is 7.36. The molecule has 0 radical (unpaired) electrons. The van der Waals surface area contributed by atoms with Crippen LogP contribution in [0.4, 0.5) is 4.39 Å². The Morgan fingerprint density at radius 2 is 2.27 bits per heavy atom. The lowest BCUT2D eigenvalue weighted by Gasteiger charge is -2.10. The summed E-state index contributed by atoms with van der Waals surface area (Å²) < 4.78 is 18.5. The SMILES string of the molecule is Fc1ccccc1CCNC1CCOC1. The van der Waals surface area contributed by atoms with Gasteiger partial charge in [-0.15, -0.1) is 0 Å². The van der Waals surface area contributed by atoms with Gasteiger partial charge in [-0.2, -0.15) is 0 Å². The van der Waals surface area contributed by atoms with E-state index in [1.54, 1.807) is 6.07 Å². The fourth-order valence-electron chi connectivity index (χ4n) is 1.81. The van der Waals surface area contributed by atoms with E-state index in [1.165, 1.54) is 6.07 Å². The van der Waals surface area contributed by atoms with E-state index in [0.717, 1.165) is 38.2 Å². The lowest BCUT2D eigenvalue weighted by atomic mass is 10.1. The van der Waals surface area contributed by atoms with Crippen LogP contribution in [0, 0.1) is 5.82 Å². The van der Waals surface area contributed by atoms with Crippen molar-refractivity contribution in [2.45, 2.75) is 18.9 Å². The maximum atomic E-state index is 13.2. The fraction of sp³-hybridized carbons (Fsp3) is 0.500. The summed E-state index contributed by atoms with van der Waals surface area (Å²) in [7, 11) is 0. The molecule has 1 N–H and O–H groups in total. The Kier molecular flexibility index (Phi) is 3.69. The summed E-state index contributed by atoms with van der Waals surface area (Å²) in [5, 5.41) is 3.37. The minimum Gasteiger partial charge on any atom is -0.380 e. The Morgan fingerprint density at radius 1 is 1.40 bits per heavy atom. The van der Waals surface area contributed by atoms with E-state index in [9.17, 15) is 4.39 Å². The fourth-order valence-corrected chi connectivity index (χ4v) is 1.81. The highest BCUT2D eigenvalue weighted by Crippen LogP contribution is 2.07. The Labute approximate surface area is 89.4 Å². The average Bonchev–Trinajstić information content (AvgIpc) is 2.74. The minimum atomic E-state index is -0.109. The van der Waals surface area contributed by atoms with Gasteiger partial charge in [-0.1, -0.05) is 18.2 Å². The highest BCUT2D eigenvalue weighted by Gasteiger charge is 2.14. The summed E-state index contributed by atoms with van der Waals surface area (Å²) in [6.07, 6.45) is 1.81. The van der Waals surface area contributed by atoms with Gasteiger partial charge in [0.05, 0.1) is 6.61 Å². The number of ether oxygens (including phenoxy) is 1. The molecule has 1 heterocycles. The highest BCUT2D eigenvalue weighted by atomic mass is 19.1. The average molecular weight is 209 g/mol. The molecule has 82 valence electrons. The van der Waals surface area contributed by atoms with Crippen LogP contribution in [0.25, 0.3) is 0 Å². The molecule has 3 heteroatoms. The quantitative estimate of drug-likeness (QED) is 0.815. The van der Waals surface area contributed by atoms with E-state index in [4.69, 9.17) is 4.74 Å². The van der Waals surface area contributed by atoms with Crippen molar-refractivity contribution in [2.75, 3.05) is 19.8 Å². The van der Waals surface area contributed by atoms with Crippen LogP contribution in [0.3, 0.4) is 0 Å². The molecule has 1 unspecified atom stereocenters. The number of rotatable bonds is 4. The maximum Gasteiger partial charge on any atom is 0.126 e. The van der Waals surface area contributed by atoms with Crippen LogP contribution in [-0.2, 0) is 11.2 Å². The molecule has 0 spiro atoms. The molecule has 0 amide bonds. The van der Waals surface area contributed by atoms with Gasteiger partial charge in [0, 0.05) is 12.6 Å². The van der Waals surface area contributed by atoms with Crippen LogP contribution in [0.1, 0.15) is 12.0 Å². The summed E-state index contributed by atoms with van der Waals surface area (Å²) in [6, 6.07) is 7.39. The van der Waals surface area contributed by atoms with Crippen molar-refractivity contribution in [3.63, 3.8) is 0 Å². The van der Waals surface area contributed by atoms with Gasteiger partial charge in [-0.25, -0.2) is 4.39 Å². The zero-order valence-electron chi connectivity index (χ0n) is 8.71. The summed E-state index contributed by atoms with van der Waals surface area (Å²) in [5.41, 5.74) is 0.781. The predicted octanol–water partition coefficient (Wildman–Crippen LogP) is 1.75. The largest absolute Gasteiger partial charge is 0.380 e. The number of hydrogen-bond acceptors (Lipinski definition) is 2. The van der Waals surface area contributed by atoms with Crippen molar-refractivity contribution in [1.82, 2.24) is 5.32 Å². The van der Waals surface area contributed by atoms with Gasteiger partial charge in [0.2, 0.25) is 0 Å². The Morgan fingerprint density at radius 3 is 3.00 bits per heavy atom. The topological polar surface area (TPSA) is 21.3 Å². The van der Waals surface area contributed by atoms with Gasteiger partial charge in [0.25, 0.3) is 0 Å². The van der Waals surface area contributed by atoms with Gasteiger partial charge >= 0.3 is 0 Å². The monoisotopic (exact) mass is 209 g/mol. The van der Waals surface area contributed by atoms with Crippen molar-refractivity contribution < 1.29 is 9.13 Å². The molecule has 0 aromatic heterocycles. The molecule has 1 fully saturated rings. The number of halogens is 1. The smallest absolute Gasteiger partial charge is 0.126 e. The minimum absolute atomic E-state index is 0.109. The molecular formula is C12H16FNO. The molecule has 1 aliphatic rings. The van der Waals surface area contributed by atoms with Crippen molar-refractivity contribution in [2.24, 2.45) is 0 Å². The molecule has 0 aliphatic carbocycles. The Balaban J connectivity index is 1.75. The van der Waals surface area contributed by atoms with Crippen LogP contribution in [-0.4, -0.2) is 25.8 Å². The summed E-state index contributed by atoms with van der Waals surface area (Å²) in [5.74, 6) is -0.109. The maximum absolute atomic E-state index is 13.2. The van der Waals surface area contributed by atoms with Gasteiger partial charge in [0.15, 0.2) is 0 Å². The first-order valence-corrected chi connectivity index (χ1v) is 5.41. The zero-order chi connectivity index (χ0) is 10.5. The van der Waals surface area contributed by atoms with Crippen molar-refractivity contribution in [1.29, 1.82) is 0 Å². The lowest BCUT2D eigenvalue weighted by Crippen LogP contribution is -2.31. The standard InChI is InChI=1S/C12H16FNO/c13-12-4-2-1-3-10(12)5-7-14-11-6-8-15-9-11/h1-4,11,14H,5-9H2. The molecule has 1 aliphatic heterocycles. The molecule has 15 heavy (non-hydrogen) atoms. The summed E-state index contributed by atoms with van der Waals surface area (Å²) in [4.78, 5) is 0. The first kappa shape index (κ1) is 10.6. The van der Waals surface area contributed by atoms with Crippen LogP contribution in [0.2, 0.25) is 0 Å². The predicted molar refractivity (Wildman–Crippen MR) is 57.3 cm³/mol. The van der Waals surface area contributed by atoms with Gasteiger partial charge in [-0.05, 0) is 31.0 Å². The number of benzene rings is 1. The van der Waals surface area contributed by atoms with Crippen LogP contribution >= 0.6 is 0 Å². The summed E-state index contributed by atoms with van der Waals surface area (Å²) in [6.45, 7) is 2.45. The van der Waals surface area contributed by atoms with E-state index in [1.807, 2.05) is 12.1 Å². The zero-order valence-corrected chi connectivity index (χ0v) is 8.71. The first-order valence-electron chi connectivity index (χ1n) is 5.41. The van der Waals surface area contributed by atoms with E-state index < -0.39 is 0 Å². The molecular weight excluding hydrogens is 193 g/mol. The molecule has 1 atom stereocenters. The van der Waals surface area contributed by atoms with Crippen LogP contribution < -0.4 is 5.32 Å². The second kappa shape index (κ2) is 5.24. The van der Waals surface area contributed by atoms with Crippen molar-refractivity contribution >= 4 is 0 Å². The number of nitrogens with one attached hydrogen (secondary N) is 1. The van der Waals surface area contributed by atoms with E-state index >= 15 is 0 Å². The molecule has 1 aromatic carbocycles. The van der Waals surface area contributed by atoms with Gasteiger partial charge in [0.1, 0.15) is 5.82 Å². The van der Waals surface area contributed by atoms with E-state index in [-0.39, 0.29) is 5.82 Å². The van der Waals surface area contributed by atoms with Gasteiger partial charge < -0.3 is 10.1 Å². The van der Waals surface area contributed by atoms with Crippen LogP contribution in [0.15, 0.2) is 24.3 Å². The summed E-state index contributed by atoms with van der Waals surface area (Å²) >= 11 is 0. The third kappa shape index (κ3) is 3.01. The molecule has 1 aromatic rings. The van der Waals surface area contributed by atoms with Gasteiger partial charge in [-0.3, -0.25) is 0 Å². The normalized spacial score (nSPS) is 20.7. The molecule has 0 bridgehead atoms. The molecule has 2 nitrogen and oxygen atoms in total. The highest BCUT2D eigenvalue weighted by molar-refractivity contribution is 5.17. The third-order valence-electron chi connectivity index (χ3n) is 2.71. The molecule has 1 saturated heterocycles. The second-order valence-electron chi connectivity index (χ2n) is 3.86. The lowest BCUT2D eigenvalue weighted by molar-refractivity contribution is 0.190. The van der Waals surface area contributed by atoms with E-state index in [0.29, 0.717) is 6.04 Å². The number of hydrogen-bond donors (Lipinski definition) is 1. The second-order valence-corrected chi connectivity index (χ2v) is 3.86. The Hall–Kier alpha value is -0.930. The molecule has 2 rings (SSSR count). The van der Waals surface area contributed by atoms with E-state index in [2.05, 4.69) is 5.32 Å². The third-order valence-corrected chi connectivity index (χ3v) is 2.71.